The van der Waals surface area contributed by atoms with E-state index >= 15 is 0 Å². The van der Waals surface area contributed by atoms with Crippen molar-refractivity contribution in [3.05, 3.63) is 116 Å². The zero-order valence-corrected chi connectivity index (χ0v) is 32.1. The molecule has 0 heterocycles. The van der Waals surface area contributed by atoms with Gasteiger partial charge in [0.1, 0.15) is 0 Å². The summed E-state index contributed by atoms with van der Waals surface area (Å²) >= 11 is 0. The fourth-order valence-electron chi connectivity index (χ4n) is 5.34. The third kappa shape index (κ3) is 13.4. The highest BCUT2D eigenvalue weighted by Gasteiger charge is 2.49. The Labute approximate surface area is 348 Å². The molecule has 0 aliphatic carbocycles. The Morgan fingerprint density at radius 2 is 0.364 bits per heavy atom. The lowest BCUT2D eigenvalue weighted by molar-refractivity contribution is -0.149. The van der Waals surface area contributed by atoms with Crippen molar-refractivity contribution in [2.24, 2.45) is 0 Å². The van der Waals surface area contributed by atoms with Crippen molar-refractivity contribution < 1.29 is 132 Å². The first-order valence-electron chi connectivity index (χ1n) is 16.0. The summed E-state index contributed by atoms with van der Waals surface area (Å²) in [7, 11) is -5.20. The van der Waals surface area contributed by atoms with Gasteiger partial charge in [0.05, 0.1) is 55.6 Å². The fraction of sp³-hybridized carbons (Fsp3) is 0.294. The molecule has 0 saturated heterocycles. The molecule has 0 aliphatic heterocycles. The molecule has 4 rings (SSSR count). The van der Waals surface area contributed by atoms with Crippen LogP contribution in [0.2, 0.25) is 0 Å². The Balaban J connectivity index is 0.000000361. The first kappa shape index (κ1) is 56.0. The second kappa shape index (κ2) is 17.9. The smallest absolute Gasteiger partial charge is 0.166 e. The molecule has 66 heavy (non-hydrogen) atoms. The van der Waals surface area contributed by atoms with E-state index in [4.69, 9.17) is 0 Å². The second-order valence-electron chi connectivity index (χ2n) is 12.6. The summed E-state index contributed by atoms with van der Waals surface area (Å²) in [6.07, 6.45) is -58.2. The molecule has 32 heteroatoms. The monoisotopic (exact) mass is 1050 g/mol. The molecule has 0 saturated carbocycles. The quantitative estimate of drug-likeness (QED) is 0.141. The lowest BCUT2D eigenvalue weighted by Crippen LogP contribution is -2.32. The Kier molecular flexibility index (Phi) is 15.2. The van der Waals surface area contributed by atoms with Crippen molar-refractivity contribution in [1.29, 1.82) is 0 Å². The van der Waals surface area contributed by atoms with Gasteiger partial charge < -0.3 is 0 Å². The zero-order chi connectivity index (χ0) is 51.6. The summed E-state index contributed by atoms with van der Waals surface area (Å²) in [5.74, 6) is 0. The highest BCUT2D eigenvalue weighted by atomic mass is 31.1. The van der Waals surface area contributed by atoms with E-state index in [0.29, 0.717) is 12.1 Å². The second-order valence-corrected chi connectivity index (χ2v) is 15.1. The lowest BCUT2D eigenvalue weighted by atomic mass is 10.0. The molecule has 0 unspecified atom stereocenters. The maximum Gasteiger partial charge on any atom is 0.417 e. The molecule has 0 amide bonds. The van der Waals surface area contributed by atoms with Gasteiger partial charge in [0.25, 0.3) is 0 Å². The van der Waals surface area contributed by atoms with Crippen molar-refractivity contribution in [3.8, 4) is 0 Å². The lowest BCUT2D eigenvalue weighted by Gasteiger charge is -2.25. The van der Waals surface area contributed by atoms with Crippen LogP contribution in [0.15, 0.2) is 60.7 Å². The Morgan fingerprint density at radius 3 is 0.500 bits per heavy atom. The van der Waals surface area contributed by atoms with Crippen LogP contribution in [0.1, 0.15) is 55.6 Å². The van der Waals surface area contributed by atoms with Gasteiger partial charge in [-0.15, -0.1) is 0 Å². The predicted molar refractivity (Wildman–Crippen MR) is 171 cm³/mol. The standard InChI is InChI=1S/C18H5F18P.C16H7F12P/c19-13(20,21)5-1-7(15(25,26)27)11(8(2-5)16(28,29)30)37-12-9(17(31,32)33)3-6(14(22,23)24)4-10(12)18(34,35)36;17-13(18,19)7-3-1-4-8(14(20,21)22)11(7)29-12-9(15(23,24)25)5-2-6-10(12)16(26,27)28/h1-4,37H;1-6,29H. The molecule has 0 bridgehead atoms. The van der Waals surface area contributed by atoms with Crippen molar-refractivity contribution in [3.63, 3.8) is 0 Å². The summed E-state index contributed by atoms with van der Waals surface area (Å²) in [5, 5.41) is -8.34. The topological polar surface area (TPSA) is 0 Å². The van der Waals surface area contributed by atoms with E-state index in [9.17, 15) is 132 Å². The number of rotatable bonds is 4. The first-order chi connectivity index (χ1) is 29.1. The van der Waals surface area contributed by atoms with Gasteiger partial charge in [-0.2, -0.15) is 132 Å². The number of benzene rings is 4. The molecule has 0 aliphatic rings. The molecular formula is C34H12F30P2. The average Bonchev–Trinajstić information content (AvgIpc) is 3.07. The minimum absolute atomic E-state index is 0.168. The average molecular weight is 1050 g/mol. The van der Waals surface area contributed by atoms with Gasteiger partial charge in [-0.1, -0.05) is 29.3 Å². The summed E-state index contributed by atoms with van der Waals surface area (Å²) < 4.78 is 397. The van der Waals surface area contributed by atoms with Crippen LogP contribution in [-0.4, -0.2) is 0 Å². The highest BCUT2D eigenvalue weighted by molar-refractivity contribution is 7.56. The van der Waals surface area contributed by atoms with Gasteiger partial charge in [-0.05, 0) is 48.5 Å². The van der Waals surface area contributed by atoms with E-state index in [2.05, 4.69) is 0 Å². The van der Waals surface area contributed by atoms with Crippen LogP contribution >= 0.6 is 17.2 Å². The molecule has 0 aromatic heterocycles. The van der Waals surface area contributed by atoms with Crippen LogP contribution in [0.3, 0.4) is 0 Å². The van der Waals surface area contributed by atoms with E-state index in [1.54, 1.807) is 0 Å². The van der Waals surface area contributed by atoms with Crippen LogP contribution in [0, 0.1) is 0 Å². The van der Waals surface area contributed by atoms with E-state index in [0.717, 1.165) is 0 Å². The molecule has 4 aromatic rings. The van der Waals surface area contributed by atoms with E-state index in [1.807, 2.05) is 0 Å². The minimum atomic E-state index is -6.17. The molecule has 0 spiro atoms. The molecule has 0 N–H and O–H groups in total. The maximum absolute atomic E-state index is 13.5. The molecule has 0 nitrogen and oxygen atoms in total. The molecular weight excluding hydrogens is 1040 g/mol. The number of alkyl halides is 30. The third-order valence-corrected chi connectivity index (χ3v) is 11.2. The molecule has 368 valence electrons. The minimum Gasteiger partial charge on any atom is -0.166 e. The van der Waals surface area contributed by atoms with Gasteiger partial charge in [0.2, 0.25) is 0 Å². The Hall–Kier alpha value is -4.36. The summed E-state index contributed by atoms with van der Waals surface area (Å²) in [6.45, 7) is 0. The SMILES string of the molecule is FC(F)(F)c1cc(C(F)(F)F)c(Pc2c(C(F)(F)F)cc(C(F)(F)F)cc2C(F)(F)F)c(C(F)(F)F)c1.FC(F)(F)c1cccc(C(F)(F)F)c1Pc1c(C(F)(F)F)cccc1C(F)(F)F. The van der Waals surface area contributed by atoms with Gasteiger partial charge in [0, 0.05) is 21.2 Å². The normalized spacial score (nSPS) is 14.0. The van der Waals surface area contributed by atoms with E-state index < -0.39 is 180 Å². The largest absolute Gasteiger partial charge is 0.417 e. The van der Waals surface area contributed by atoms with Gasteiger partial charge in [-0.25, -0.2) is 0 Å². The molecule has 4 aromatic carbocycles. The van der Waals surface area contributed by atoms with Crippen LogP contribution in [0.5, 0.6) is 0 Å². The van der Waals surface area contributed by atoms with Crippen molar-refractivity contribution in [2.75, 3.05) is 0 Å². The van der Waals surface area contributed by atoms with Crippen LogP contribution < -0.4 is 21.2 Å². The molecule has 0 fully saturated rings. The van der Waals surface area contributed by atoms with Crippen LogP contribution in [0.25, 0.3) is 0 Å². The van der Waals surface area contributed by atoms with Gasteiger partial charge in [0.15, 0.2) is 0 Å². The third-order valence-electron chi connectivity index (χ3n) is 8.00. The first-order valence-corrected chi connectivity index (χ1v) is 18.0. The Morgan fingerprint density at radius 1 is 0.212 bits per heavy atom. The molecule has 0 radical (unpaired) electrons. The fourth-order valence-corrected chi connectivity index (χ4v) is 8.68. The van der Waals surface area contributed by atoms with E-state index in [1.165, 1.54) is 0 Å². The summed E-state index contributed by atoms with van der Waals surface area (Å²) in [6, 6.07) is -2.40. The highest BCUT2D eigenvalue weighted by Crippen LogP contribution is 2.47. The van der Waals surface area contributed by atoms with Crippen molar-refractivity contribution in [1.82, 2.24) is 0 Å². The summed E-state index contributed by atoms with van der Waals surface area (Å²) in [5.41, 5.74) is -24.5. The maximum atomic E-state index is 13.5. The van der Waals surface area contributed by atoms with E-state index in [-0.39, 0.29) is 24.3 Å². The summed E-state index contributed by atoms with van der Waals surface area (Å²) in [4.78, 5) is 0. The number of halogens is 30. The van der Waals surface area contributed by atoms with Gasteiger partial charge in [-0.3, -0.25) is 0 Å². The van der Waals surface area contributed by atoms with Crippen molar-refractivity contribution >= 4 is 38.4 Å². The van der Waals surface area contributed by atoms with Crippen LogP contribution in [0.4, 0.5) is 132 Å². The van der Waals surface area contributed by atoms with Crippen LogP contribution in [-0.2, 0) is 61.8 Å². The molecule has 0 atom stereocenters. The zero-order valence-electron chi connectivity index (χ0n) is 30.1. The van der Waals surface area contributed by atoms with Gasteiger partial charge >= 0.3 is 61.8 Å². The number of hydrogen-bond acceptors (Lipinski definition) is 0. The number of hydrogen-bond donors (Lipinski definition) is 0. The Bertz CT molecular complexity index is 2070. The van der Waals surface area contributed by atoms with Crippen molar-refractivity contribution in [2.45, 2.75) is 61.8 Å². The predicted octanol–water partition coefficient (Wildman–Crippen LogP) is 14.8.